The van der Waals surface area contributed by atoms with Crippen LogP contribution in [0.5, 0.6) is 0 Å². The number of ether oxygens (including phenoxy) is 1. The smallest absolute Gasteiger partial charge is 0.350 e. The molecule has 1 N–H and O–H groups in total. The van der Waals surface area contributed by atoms with Crippen LogP contribution in [0.15, 0.2) is 30.5 Å². The Labute approximate surface area is 153 Å². The highest BCUT2D eigenvalue weighted by atomic mass is 35.5. The minimum Gasteiger partial charge on any atom is -0.462 e. The summed E-state index contributed by atoms with van der Waals surface area (Å²) in [5.41, 5.74) is 2.15. The summed E-state index contributed by atoms with van der Waals surface area (Å²) in [6, 6.07) is 7.27. The van der Waals surface area contributed by atoms with Crippen LogP contribution in [0.3, 0.4) is 0 Å². The lowest BCUT2D eigenvalue weighted by Gasteiger charge is -2.06. The molecule has 0 aliphatic rings. The molecule has 0 unspecified atom stereocenters. The fraction of sp³-hybridized carbons (Fsp3) is 0.176. The third kappa shape index (κ3) is 2.83. The van der Waals surface area contributed by atoms with Crippen LogP contribution in [0.1, 0.15) is 16.6 Å². The number of pyridine rings is 1. The number of anilines is 1. The van der Waals surface area contributed by atoms with Gasteiger partial charge in [0.15, 0.2) is 0 Å². The van der Waals surface area contributed by atoms with Gasteiger partial charge in [0.1, 0.15) is 4.88 Å². The SMILES string of the molecule is CCOC(=O)c1sc2c(-c3cccc(Cl)c3Cl)nccc2c1NC. The predicted octanol–water partition coefficient (Wildman–Crippen LogP) is 5.49. The van der Waals surface area contributed by atoms with Crippen molar-refractivity contribution in [1.82, 2.24) is 4.98 Å². The first-order chi connectivity index (χ1) is 11.6. The Morgan fingerprint density at radius 3 is 2.83 bits per heavy atom. The minimum atomic E-state index is -0.355. The second kappa shape index (κ2) is 6.97. The van der Waals surface area contributed by atoms with E-state index in [1.54, 1.807) is 26.2 Å². The van der Waals surface area contributed by atoms with Crippen molar-refractivity contribution in [2.45, 2.75) is 6.92 Å². The predicted molar refractivity (Wildman–Crippen MR) is 101 cm³/mol. The molecule has 3 aromatic rings. The van der Waals surface area contributed by atoms with Crippen molar-refractivity contribution < 1.29 is 9.53 Å². The number of thiophene rings is 1. The number of carbonyl (C=O) groups excluding carboxylic acids is 1. The summed E-state index contributed by atoms with van der Waals surface area (Å²) in [5, 5.41) is 4.88. The highest BCUT2D eigenvalue weighted by Crippen LogP contribution is 2.43. The summed E-state index contributed by atoms with van der Waals surface area (Å²) >= 11 is 13.8. The van der Waals surface area contributed by atoms with E-state index in [2.05, 4.69) is 10.3 Å². The van der Waals surface area contributed by atoms with E-state index in [9.17, 15) is 4.79 Å². The molecule has 0 aliphatic heterocycles. The number of rotatable bonds is 4. The molecule has 0 radical (unpaired) electrons. The van der Waals surface area contributed by atoms with Crippen molar-refractivity contribution >= 4 is 56.3 Å². The van der Waals surface area contributed by atoms with Gasteiger partial charge < -0.3 is 10.1 Å². The summed E-state index contributed by atoms with van der Waals surface area (Å²) < 4.78 is 6.01. The molecule has 24 heavy (non-hydrogen) atoms. The third-order valence-corrected chi connectivity index (χ3v) is 5.53. The lowest BCUT2D eigenvalue weighted by atomic mass is 10.1. The number of esters is 1. The minimum absolute atomic E-state index is 0.321. The van der Waals surface area contributed by atoms with Crippen LogP contribution in [-0.2, 0) is 4.74 Å². The molecule has 124 valence electrons. The summed E-state index contributed by atoms with van der Waals surface area (Å²) in [7, 11) is 1.77. The fourth-order valence-corrected chi connectivity index (χ4v) is 4.08. The lowest BCUT2D eigenvalue weighted by Crippen LogP contribution is -2.04. The van der Waals surface area contributed by atoms with Gasteiger partial charge in [-0.15, -0.1) is 11.3 Å². The molecule has 3 rings (SSSR count). The van der Waals surface area contributed by atoms with Gasteiger partial charge in [0.25, 0.3) is 0 Å². The number of benzene rings is 1. The Kier molecular flexibility index (Phi) is 4.94. The molecule has 7 heteroatoms. The van der Waals surface area contributed by atoms with Crippen LogP contribution in [-0.4, -0.2) is 24.6 Å². The highest BCUT2D eigenvalue weighted by molar-refractivity contribution is 7.22. The third-order valence-electron chi connectivity index (χ3n) is 3.52. The van der Waals surface area contributed by atoms with E-state index in [0.717, 1.165) is 21.3 Å². The molecule has 2 aromatic heterocycles. The molecule has 0 atom stereocenters. The van der Waals surface area contributed by atoms with Gasteiger partial charge in [-0.3, -0.25) is 4.98 Å². The first-order valence-corrected chi connectivity index (χ1v) is 8.86. The van der Waals surface area contributed by atoms with E-state index in [4.69, 9.17) is 27.9 Å². The van der Waals surface area contributed by atoms with Gasteiger partial charge in [-0.25, -0.2) is 4.79 Å². The topological polar surface area (TPSA) is 51.2 Å². The van der Waals surface area contributed by atoms with E-state index in [-0.39, 0.29) is 5.97 Å². The first-order valence-electron chi connectivity index (χ1n) is 7.29. The Morgan fingerprint density at radius 2 is 2.12 bits per heavy atom. The molecule has 0 fully saturated rings. The molecule has 4 nitrogen and oxygen atoms in total. The van der Waals surface area contributed by atoms with Crippen molar-refractivity contribution in [2.75, 3.05) is 19.0 Å². The fourth-order valence-electron chi connectivity index (χ4n) is 2.49. The Balaban J connectivity index is 2.28. The summed E-state index contributed by atoms with van der Waals surface area (Å²) in [5.74, 6) is -0.355. The second-order valence-corrected chi connectivity index (χ2v) is 6.72. The van der Waals surface area contributed by atoms with E-state index in [0.29, 0.717) is 27.2 Å². The largest absolute Gasteiger partial charge is 0.462 e. The molecule has 0 bridgehead atoms. The molecule has 0 saturated heterocycles. The Morgan fingerprint density at radius 1 is 1.33 bits per heavy atom. The zero-order valence-electron chi connectivity index (χ0n) is 13.0. The molecular weight excluding hydrogens is 367 g/mol. The quantitative estimate of drug-likeness (QED) is 0.608. The van der Waals surface area contributed by atoms with Crippen molar-refractivity contribution in [3.8, 4) is 11.3 Å². The maximum Gasteiger partial charge on any atom is 0.350 e. The molecule has 0 saturated carbocycles. The molecule has 0 aliphatic carbocycles. The number of carbonyl (C=O) groups is 1. The van der Waals surface area contributed by atoms with Crippen LogP contribution in [0, 0.1) is 0 Å². The van der Waals surface area contributed by atoms with Crippen molar-refractivity contribution in [3.05, 3.63) is 45.4 Å². The summed E-state index contributed by atoms with van der Waals surface area (Å²) in [6.07, 6.45) is 1.69. The monoisotopic (exact) mass is 380 g/mol. The Bertz CT molecular complexity index is 924. The van der Waals surface area contributed by atoms with Gasteiger partial charge >= 0.3 is 5.97 Å². The standard InChI is InChI=1S/C17H14Cl2N2O2S/c1-3-23-17(22)16-13(20-2)10-7-8-21-14(15(10)24-16)9-5-4-6-11(18)12(9)19/h4-8,20H,3H2,1-2H3. The number of hydrogen-bond acceptors (Lipinski definition) is 5. The van der Waals surface area contributed by atoms with E-state index in [1.165, 1.54) is 11.3 Å². The molecule has 2 heterocycles. The normalized spacial score (nSPS) is 10.8. The average molecular weight is 381 g/mol. The maximum atomic E-state index is 12.2. The number of fused-ring (bicyclic) bond motifs is 1. The zero-order chi connectivity index (χ0) is 17.3. The number of aromatic nitrogens is 1. The van der Waals surface area contributed by atoms with Gasteiger partial charge in [0.05, 0.1) is 32.7 Å². The van der Waals surface area contributed by atoms with Gasteiger partial charge in [0.2, 0.25) is 0 Å². The van der Waals surface area contributed by atoms with Crippen LogP contribution < -0.4 is 5.32 Å². The van der Waals surface area contributed by atoms with E-state index < -0.39 is 0 Å². The number of hydrogen-bond donors (Lipinski definition) is 1. The summed E-state index contributed by atoms with van der Waals surface area (Å²) in [6.45, 7) is 2.10. The van der Waals surface area contributed by atoms with Crippen LogP contribution in [0.2, 0.25) is 10.0 Å². The summed E-state index contributed by atoms with van der Waals surface area (Å²) in [4.78, 5) is 17.2. The van der Waals surface area contributed by atoms with Crippen molar-refractivity contribution in [3.63, 3.8) is 0 Å². The van der Waals surface area contributed by atoms with E-state index >= 15 is 0 Å². The van der Waals surface area contributed by atoms with Crippen molar-refractivity contribution in [2.24, 2.45) is 0 Å². The molecular formula is C17H14Cl2N2O2S. The van der Waals surface area contributed by atoms with Crippen LogP contribution >= 0.6 is 34.5 Å². The number of nitrogens with zero attached hydrogens (tertiary/aromatic N) is 1. The van der Waals surface area contributed by atoms with Crippen molar-refractivity contribution in [1.29, 1.82) is 0 Å². The number of nitrogens with one attached hydrogen (secondary N) is 1. The Hall–Kier alpha value is -1.82. The highest BCUT2D eigenvalue weighted by Gasteiger charge is 2.22. The molecule has 0 spiro atoms. The van der Waals surface area contributed by atoms with Crippen LogP contribution in [0.25, 0.3) is 21.3 Å². The van der Waals surface area contributed by atoms with E-state index in [1.807, 2.05) is 18.2 Å². The maximum absolute atomic E-state index is 12.2. The van der Waals surface area contributed by atoms with Crippen LogP contribution in [0.4, 0.5) is 5.69 Å². The second-order valence-electron chi connectivity index (χ2n) is 4.91. The first kappa shape index (κ1) is 17.0. The molecule has 0 amide bonds. The molecule has 1 aromatic carbocycles. The van der Waals surface area contributed by atoms with Gasteiger partial charge in [0, 0.05) is 24.2 Å². The van der Waals surface area contributed by atoms with Gasteiger partial charge in [-0.1, -0.05) is 35.3 Å². The average Bonchev–Trinajstić information content (AvgIpc) is 2.96. The lowest BCUT2D eigenvalue weighted by molar-refractivity contribution is 0.0533. The van der Waals surface area contributed by atoms with Gasteiger partial charge in [-0.2, -0.15) is 0 Å². The number of halogens is 2. The zero-order valence-corrected chi connectivity index (χ0v) is 15.4. The van der Waals surface area contributed by atoms with Gasteiger partial charge in [-0.05, 0) is 19.1 Å².